The van der Waals surface area contributed by atoms with Gasteiger partial charge in [-0.25, -0.2) is 9.78 Å². The van der Waals surface area contributed by atoms with Crippen molar-refractivity contribution in [1.29, 1.82) is 0 Å². The lowest BCUT2D eigenvalue weighted by Gasteiger charge is -2.20. The lowest BCUT2D eigenvalue weighted by atomic mass is 10.0. The molecular formula is C23H21F3N4O2. The molecule has 166 valence electrons. The van der Waals surface area contributed by atoms with E-state index in [-0.39, 0.29) is 47.4 Å². The average molecular weight is 448 g/mol. The van der Waals surface area contributed by atoms with Crippen LogP contribution in [0.25, 0.3) is 0 Å². The summed E-state index contributed by atoms with van der Waals surface area (Å²) in [7, 11) is 0. The Labute approximate surface area is 187 Å². The number of aryl methyl sites for hydroxylation is 2. The maximum Gasteiger partial charge on any atom is 0.416 e. The zero-order valence-corrected chi connectivity index (χ0v) is 17.2. The lowest BCUT2D eigenvalue weighted by molar-refractivity contribution is -0.138. The molecule has 1 atom stereocenters. The number of pyridine rings is 2. The Kier molecular flexibility index (Phi) is 4.77. The maximum absolute atomic E-state index is 13.4. The van der Waals surface area contributed by atoms with E-state index >= 15 is 0 Å². The summed E-state index contributed by atoms with van der Waals surface area (Å²) in [5.74, 6) is -0.0120. The van der Waals surface area contributed by atoms with Gasteiger partial charge in [-0.15, -0.1) is 0 Å². The van der Waals surface area contributed by atoms with Gasteiger partial charge >= 0.3 is 12.2 Å². The van der Waals surface area contributed by atoms with Crippen LogP contribution in [0.3, 0.4) is 0 Å². The second-order valence-electron chi connectivity index (χ2n) is 7.32. The van der Waals surface area contributed by atoms with E-state index < -0.39 is 24.4 Å². The second-order valence-corrected chi connectivity index (χ2v) is 7.32. The van der Waals surface area contributed by atoms with Crippen LogP contribution < -0.4 is 15.0 Å². The number of nitrogens with zero attached hydrogens (tertiary/aromatic N) is 3. The van der Waals surface area contributed by atoms with Gasteiger partial charge in [-0.3, -0.25) is 9.88 Å². The topological polar surface area (TPSA) is 67.3 Å². The molecule has 32 heavy (non-hydrogen) atoms. The standard InChI is InChI=1S/C23H21F3N4O2/c1-14-9-16-6-8-30(20(16)11-19(14)23(24,25)26)22(31)29-18-10-15(2)21(28-12-18)32-13-17-5-3-4-7-27-17/h3-5,7,9-12H,6,8,13H2,1-2H3,(H,29,31)/i7T,12T,13T. The Balaban J connectivity index is 1.53. The molecule has 0 saturated carbocycles. The summed E-state index contributed by atoms with van der Waals surface area (Å²) in [6.45, 7) is 1.92. The SMILES string of the molecule is [3H]c1cccc(C([3H])Oc2nc([3H])c(NC(=O)N3CCc4cc(C)c(C(F)(F)F)cc43)cc2C)n1. The summed E-state index contributed by atoms with van der Waals surface area (Å²) >= 11 is 0. The largest absolute Gasteiger partial charge is 0.471 e. The molecule has 9 heteroatoms. The molecule has 1 aliphatic rings. The number of fused-ring (bicyclic) bond motifs is 1. The number of ether oxygens (including phenoxy) is 1. The summed E-state index contributed by atoms with van der Waals surface area (Å²) in [5, 5.41) is 2.54. The molecule has 0 radical (unpaired) electrons. The first kappa shape index (κ1) is 18.0. The molecule has 4 rings (SSSR count). The summed E-state index contributed by atoms with van der Waals surface area (Å²) in [5.41, 5.74) is 0.783. The van der Waals surface area contributed by atoms with Crippen molar-refractivity contribution in [2.75, 3.05) is 16.8 Å². The van der Waals surface area contributed by atoms with Crippen molar-refractivity contribution in [1.82, 2.24) is 9.97 Å². The van der Waals surface area contributed by atoms with Gasteiger partial charge in [0.1, 0.15) is 6.58 Å². The minimum absolute atomic E-state index is 0.0120. The number of benzene rings is 1. The molecular weight excluding hydrogens is 421 g/mol. The minimum Gasteiger partial charge on any atom is -0.471 e. The van der Waals surface area contributed by atoms with Crippen LogP contribution in [-0.2, 0) is 19.2 Å². The molecule has 2 amide bonds. The van der Waals surface area contributed by atoms with Crippen molar-refractivity contribution in [3.8, 4) is 5.88 Å². The van der Waals surface area contributed by atoms with E-state index in [1.54, 1.807) is 13.0 Å². The quantitative estimate of drug-likeness (QED) is 0.589. The molecule has 2 aromatic heterocycles. The van der Waals surface area contributed by atoms with Gasteiger partial charge in [-0.2, -0.15) is 13.2 Å². The van der Waals surface area contributed by atoms with E-state index in [0.29, 0.717) is 17.5 Å². The van der Waals surface area contributed by atoms with E-state index in [9.17, 15) is 18.0 Å². The number of rotatable bonds is 4. The zero-order chi connectivity index (χ0) is 25.5. The molecule has 1 aromatic carbocycles. The number of amides is 2. The van der Waals surface area contributed by atoms with Crippen molar-refractivity contribution in [2.24, 2.45) is 0 Å². The van der Waals surface area contributed by atoms with Crippen LogP contribution in [0.4, 0.5) is 29.3 Å². The van der Waals surface area contributed by atoms with Gasteiger partial charge in [0.15, 0.2) is 0 Å². The predicted octanol–water partition coefficient (Wildman–Crippen LogP) is 5.29. The minimum atomic E-state index is -4.54. The first-order valence-corrected chi connectivity index (χ1v) is 9.74. The smallest absolute Gasteiger partial charge is 0.416 e. The van der Waals surface area contributed by atoms with Crippen molar-refractivity contribution in [2.45, 2.75) is 33.0 Å². The third-order valence-electron chi connectivity index (χ3n) is 5.01. The van der Waals surface area contributed by atoms with Gasteiger partial charge in [0.2, 0.25) is 5.88 Å². The Hall–Kier alpha value is -3.62. The molecule has 1 unspecified atom stereocenters. The number of hydrogen-bond donors (Lipinski definition) is 1. The molecule has 0 aliphatic carbocycles. The molecule has 1 N–H and O–H groups in total. The number of carbonyl (C=O) groups is 1. The Bertz CT molecular complexity index is 1300. The second kappa shape index (κ2) is 8.49. The number of halogens is 3. The highest BCUT2D eigenvalue weighted by Crippen LogP contribution is 2.38. The monoisotopic (exact) mass is 448 g/mol. The zero-order valence-electron chi connectivity index (χ0n) is 20.2. The third kappa shape index (κ3) is 4.51. The summed E-state index contributed by atoms with van der Waals surface area (Å²) in [4.78, 5) is 22.0. The third-order valence-corrected chi connectivity index (χ3v) is 5.01. The summed E-state index contributed by atoms with van der Waals surface area (Å²) < 4.78 is 69.4. The van der Waals surface area contributed by atoms with E-state index in [4.69, 9.17) is 8.85 Å². The molecule has 3 aromatic rings. The fourth-order valence-corrected chi connectivity index (χ4v) is 3.47. The van der Waals surface area contributed by atoms with Crippen molar-refractivity contribution in [3.63, 3.8) is 0 Å². The van der Waals surface area contributed by atoms with Crippen LogP contribution in [0.1, 0.15) is 32.1 Å². The highest BCUT2D eigenvalue weighted by atomic mass is 19.4. The number of urea groups is 1. The van der Waals surface area contributed by atoms with Gasteiger partial charge in [0.05, 0.1) is 27.2 Å². The normalized spacial score (nSPS) is 15.4. The maximum atomic E-state index is 13.4. The molecule has 0 spiro atoms. The van der Waals surface area contributed by atoms with Crippen LogP contribution in [0, 0.1) is 13.8 Å². The van der Waals surface area contributed by atoms with Gasteiger partial charge in [0, 0.05) is 24.0 Å². The Morgan fingerprint density at radius 1 is 1.25 bits per heavy atom. The van der Waals surface area contributed by atoms with Gasteiger partial charge < -0.3 is 10.1 Å². The van der Waals surface area contributed by atoms with Gasteiger partial charge in [0.25, 0.3) is 0 Å². The Morgan fingerprint density at radius 3 is 2.81 bits per heavy atom. The van der Waals surface area contributed by atoms with Crippen LogP contribution in [0.2, 0.25) is 0 Å². The molecule has 1 aliphatic heterocycles. The Morgan fingerprint density at radius 2 is 2.06 bits per heavy atom. The fourth-order valence-electron chi connectivity index (χ4n) is 3.47. The fraction of sp³-hybridized carbons (Fsp3) is 0.261. The molecule has 3 heterocycles. The molecule has 0 fully saturated rings. The summed E-state index contributed by atoms with van der Waals surface area (Å²) in [6, 6.07) is 7.74. The number of nitrogens with one attached hydrogen (secondary N) is 1. The van der Waals surface area contributed by atoms with Crippen LogP contribution in [0.5, 0.6) is 5.88 Å². The van der Waals surface area contributed by atoms with E-state index in [1.807, 2.05) is 0 Å². The van der Waals surface area contributed by atoms with Crippen LogP contribution in [-0.4, -0.2) is 22.5 Å². The van der Waals surface area contributed by atoms with Crippen molar-refractivity contribution >= 4 is 17.4 Å². The predicted molar refractivity (Wildman–Crippen MR) is 114 cm³/mol. The van der Waals surface area contributed by atoms with Crippen LogP contribution >= 0.6 is 0 Å². The lowest BCUT2D eigenvalue weighted by Crippen LogP contribution is -2.33. The molecule has 0 saturated heterocycles. The molecule has 0 bridgehead atoms. The average Bonchev–Trinajstić information content (AvgIpc) is 3.18. The van der Waals surface area contributed by atoms with Crippen molar-refractivity contribution < 1.29 is 26.8 Å². The van der Waals surface area contributed by atoms with Crippen molar-refractivity contribution in [3.05, 3.63) is 76.7 Å². The van der Waals surface area contributed by atoms with E-state index in [1.165, 1.54) is 36.1 Å². The van der Waals surface area contributed by atoms with E-state index in [0.717, 1.165) is 6.07 Å². The number of aromatic nitrogens is 2. The highest BCUT2D eigenvalue weighted by Gasteiger charge is 2.35. The first-order chi connectivity index (χ1) is 16.4. The van der Waals surface area contributed by atoms with E-state index in [2.05, 4.69) is 15.3 Å². The highest BCUT2D eigenvalue weighted by molar-refractivity contribution is 6.03. The number of hydrogen-bond acceptors (Lipinski definition) is 4. The molecule has 6 nitrogen and oxygen atoms in total. The van der Waals surface area contributed by atoms with Gasteiger partial charge in [-0.1, -0.05) is 12.1 Å². The first-order valence-electron chi connectivity index (χ1n) is 11.3. The number of carbonyl (C=O) groups excluding carboxylic acids is 1. The number of alkyl halides is 3. The van der Waals surface area contributed by atoms with Gasteiger partial charge in [-0.05, 0) is 55.7 Å². The van der Waals surface area contributed by atoms with Crippen LogP contribution in [0.15, 0.2) is 48.7 Å². The summed E-state index contributed by atoms with van der Waals surface area (Å²) in [6.07, 6.45) is -4.49. The number of anilines is 2.